The Bertz CT molecular complexity index is 1350. The number of amides is 2. The molecule has 0 saturated carbocycles. The number of nitrogens with zero attached hydrogens (tertiary/aromatic N) is 2. The zero-order valence-electron chi connectivity index (χ0n) is 23.3. The smallest absolute Gasteiger partial charge is 0.264 e. The standard InChI is InChI=1S/C31H38ClN3O4S/c1-4-6-21-33-31(37)29(5-2)34(22-20-25-10-8-7-9-11-25)30(36)23-35(27-16-12-24(3)13-17-27)40(38,39)28-18-14-26(32)15-19-28/h7-19,29H,4-6,20-23H2,1-3H3,(H,33,37)/t29-/m0/s1. The van der Waals surface area contributed by atoms with Crippen LogP contribution in [0.4, 0.5) is 5.69 Å². The molecule has 7 nitrogen and oxygen atoms in total. The normalized spacial score (nSPS) is 12.0. The molecular formula is C31H38ClN3O4S. The maximum atomic E-state index is 14.0. The van der Waals surface area contributed by atoms with Gasteiger partial charge in [-0.15, -0.1) is 0 Å². The molecule has 214 valence electrons. The number of rotatable bonds is 14. The molecule has 0 unspecified atom stereocenters. The zero-order chi connectivity index (χ0) is 29.1. The summed E-state index contributed by atoms with van der Waals surface area (Å²) in [7, 11) is -4.12. The van der Waals surface area contributed by atoms with Crippen LogP contribution in [0.5, 0.6) is 0 Å². The molecule has 3 rings (SSSR count). The van der Waals surface area contributed by atoms with Crippen molar-refractivity contribution in [3.63, 3.8) is 0 Å². The first kappa shape index (κ1) is 31.2. The Labute approximate surface area is 243 Å². The van der Waals surface area contributed by atoms with Crippen LogP contribution in [0.2, 0.25) is 5.02 Å². The van der Waals surface area contributed by atoms with Crippen molar-refractivity contribution in [2.45, 2.75) is 57.4 Å². The molecule has 0 heterocycles. The summed E-state index contributed by atoms with van der Waals surface area (Å²) in [5.74, 6) is -0.689. The number of carbonyl (C=O) groups excluding carboxylic acids is 2. The molecule has 0 aliphatic rings. The molecule has 0 aromatic heterocycles. The van der Waals surface area contributed by atoms with Crippen molar-refractivity contribution in [1.29, 1.82) is 0 Å². The molecule has 0 spiro atoms. The first-order chi connectivity index (χ1) is 19.2. The van der Waals surface area contributed by atoms with Crippen molar-refractivity contribution in [2.75, 3.05) is 23.9 Å². The van der Waals surface area contributed by atoms with Crippen LogP contribution in [0.25, 0.3) is 0 Å². The quantitative estimate of drug-likeness (QED) is 0.250. The van der Waals surface area contributed by atoms with Gasteiger partial charge in [0.15, 0.2) is 0 Å². The molecule has 1 atom stereocenters. The number of sulfonamides is 1. The molecule has 0 bridgehead atoms. The van der Waals surface area contributed by atoms with E-state index in [0.717, 1.165) is 28.3 Å². The van der Waals surface area contributed by atoms with E-state index in [1.165, 1.54) is 29.2 Å². The summed E-state index contributed by atoms with van der Waals surface area (Å²) in [6.07, 6.45) is 2.69. The van der Waals surface area contributed by atoms with Gasteiger partial charge in [-0.1, -0.05) is 79.9 Å². The minimum Gasteiger partial charge on any atom is -0.354 e. The molecule has 3 aromatic rings. The van der Waals surface area contributed by atoms with Crippen molar-refractivity contribution >= 4 is 39.1 Å². The minimum atomic E-state index is -4.12. The maximum Gasteiger partial charge on any atom is 0.264 e. The van der Waals surface area contributed by atoms with E-state index in [4.69, 9.17) is 11.6 Å². The average Bonchev–Trinajstić information content (AvgIpc) is 2.95. The highest BCUT2D eigenvalue weighted by molar-refractivity contribution is 7.92. The highest BCUT2D eigenvalue weighted by Crippen LogP contribution is 2.26. The van der Waals surface area contributed by atoms with Crippen molar-refractivity contribution in [3.05, 3.63) is 95.0 Å². The van der Waals surface area contributed by atoms with Gasteiger partial charge in [0.05, 0.1) is 10.6 Å². The van der Waals surface area contributed by atoms with Gasteiger partial charge >= 0.3 is 0 Å². The molecule has 1 N–H and O–H groups in total. The molecule has 0 radical (unpaired) electrons. The third-order valence-electron chi connectivity index (χ3n) is 6.70. The summed E-state index contributed by atoms with van der Waals surface area (Å²) in [6, 6.07) is 21.8. The predicted molar refractivity (Wildman–Crippen MR) is 161 cm³/mol. The lowest BCUT2D eigenvalue weighted by atomic mass is 10.1. The van der Waals surface area contributed by atoms with E-state index in [0.29, 0.717) is 30.1 Å². The van der Waals surface area contributed by atoms with Gasteiger partial charge in [-0.05, 0) is 68.1 Å². The Kier molecular flexibility index (Phi) is 11.6. The number of hydrogen-bond acceptors (Lipinski definition) is 4. The number of hydrogen-bond donors (Lipinski definition) is 1. The number of aryl methyl sites for hydroxylation is 1. The van der Waals surface area contributed by atoms with Crippen molar-refractivity contribution in [3.8, 4) is 0 Å². The lowest BCUT2D eigenvalue weighted by Crippen LogP contribution is -2.53. The second-order valence-corrected chi connectivity index (χ2v) is 12.0. The summed E-state index contributed by atoms with van der Waals surface area (Å²) in [4.78, 5) is 28.7. The average molecular weight is 584 g/mol. The first-order valence-electron chi connectivity index (χ1n) is 13.6. The third kappa shape index (κ3) is 8.32. The van der Waals surface area contributed by atoms with E-state index < -0.39 is 28.5 Å². The first-order valence-corrected chi connectivity index (χ1v) is 15.4. The van der Waals surface area contributed by atoms with E-state index in [2.05, 4.69) is 5.32 Å². The van der Waals surface area contributed by atoms with Crippen LogP contribution in [0.1, 0.15) is 44.2 Å². The van der Waals surface area contributed by atoms with Gasteiger partial charge in [0.1, 0.15) is 12.6 Å². The number of halogens is 1. The Balaban J connectivity index is 1.97. The summed E-state index contributed by atoms with van der Waals surface area (Å²) in [6.45, 7) is 6.14. The van der Waals surface area contributed by atoms with Gasteiger partial charge in [-0.2, -0.15) is 0 Å². The summed E-state index contributed by atoms with van der Waals surface area (Å²) < 4.78 is 28.8. The molecule has 3 aromatic carbocycles. The molecular weight excluding hydrogens is 546 g/mol. The van der Waals surface area contributed by atoms with Crippen LogP contribution in [-0.4, -0.2) is 50.8 Å². The maximum absolute atomic E-state index is 14.0. The second-order valence-electron chi connectivity index (χ2n) is 9.69. The fraction of sp³-hybridized carbons (Fsp3) is 0.355. The fourth-order valence-electron chi connectivity index (χ4n) is 4.38. The van der Waals surface area contributed by atoms with Crippen LogP contribution in [0, 0.1) is 6.92 Å². The van der Waals surface area contributed by atoms with Crippen LogP contribution >= 0.6 is 11.6 Å². The molecule has 0 aliphatic heterocycles. The highest BCUT2D eigenvalue weighted by Gasteiger charge is 2.33. The SMILES string of the molecule is CCCCNC(=O)[C@H](CC)N(CCc1ccccc1)C(=O)CN(c1ccc(C)cc1)S(=O)(=O)c1ccc(Cl)cc1. The van der Waals surface area contributed by atoms with Crippen molar-refractivity contribution in [2.24, 2.45) is 0 Å². The molecule has 0 saturated heterocycles. The zero-order valence-corrected chi connectivity index (χ0v) is 24.9. The van der Waals surface area contributed by atoms with E-state index in [1.807, 2.05) is 51.1 Å². The second kappa shape index (κ2) is 14.9. The molecule has 0 fully saturated rings. The Hall–Kier alpha value is -3.36. The van der Waals surface area contributed by atoms with Gasteiger partial charge in [0, 0.05) is 18.1 Å². The largest absolute Gasteiger partial charge is 0.354 e. The molecule has 0 aliphatic carbocycles. The minimum absolute atomic E-state index is 0.0189. The van der Waals surface area contributed by atoms with Crippen molar-refractivity contribution in [1.82, 2.24) is 10.2 Å². The fourth-order valence-corrected chi connectivity index (χ4v) is 5.92. The Morgan fingerprint density at radius 1 is 0.925 bits per heavy atom. The van der Waals surface area contributed by atoms with Crippen LogP contribution < -0.4 is 9.62 Å². The number of unbranched alkanes of at least 4 members (excludes halogenated alkanes) is 1. The van der Waals surface area contributed by atoms with E-state index in [9.17, 15) is 18.0 Å². The Morgan fingerprint density at radius 2 is 1.57 bits per heavy atom. The van der Waals surface area contributed by atoms with E-state index in [1.54, 1.807) is 24.3 Å². The molecule has 2 amide bonds. The number of benzene rings is 3. The van der Waals surface area contributed by atoms with Crippen LogP contribution in [0.15, 0.2) is 83.8 Å². The van der Waals surface area contributed by atoms with E-state index in [-0.39, 0.29) is 17.3 Å². The number of carbonyl (C=O) groups is 2. The Morgan fingerprint density at radius 3 is 2.17 bits per heavy atom. The summed E-state index contributed by atoms with van der Waals surface area (Å²) >= 11 is 6.01. The number of nitrogens with one attached hydrogen (secondary N) is 1. The van der Waals surface area contributed by atoms with Crippen LogP contribution in [-0.2, 0) is 26.0 Å². The van der Waals surface area contributed by atoms with E-state index >= 15 is 0 Å². The number of anilines is 1. The van der Waals surface area contributed by atoms with Gasteiger partial charge < -0.3 is 10.2 Å². The van der Waals surface area contributed by atoms with Gasteiger partial charge in [-0.25, -0.2) is 8.42 Å². The summed E-state index contributed by atoms with van der Waals surface area (Å²) in [5, 5.41) is 3.35. The molecule has 9 heteroatoms. The van der Waals surface area contributed by atoms with Crippen molar-refractivity contribution < 1.29 is 18.0 Å². The predicted octanol–water partition coefficient (Wildman–Crippen LogP) is 5.61. The highest BCUT2D eigenvalue weighted by atomic mass is 35.5. The topological polar surface area (TPSA) is 86.8 Å². The third-order valence-corrected chi connectivity index (χ3v) is 8.74. The lowest BCUT2D eigenvalue weighted by Gasteiger charge is -2.33. The van der Waals surface area contributed by atoms with Crippen LogP contribution in [0.3, 0.4) is 0 Å². The lowest BCUT2D eigenvalue weighted by molar-refractivity contribution is -0.139. The van der Waals surface area contributed by atoms with Gasteiger partial charge in [-0.3, -0.25) is 13.9 Å². The monoisotopic (exact) mass is 583 g/mol. The molecule has 40 heavy (non-hydrogen) atoms. The summed E-state index contributed by atoms with van der Waals surface area (Å²) in [5.41, 5.74) is 2.33. The van der Waals surface area contributed by atoms with Gasteiger partial charge in [0.25, 0.3) is 10.0 Å². The van der Waals surface area contributed by atoms with Gasteiger partial charge in [0.2, 0.25) is 11.8 Å².